The van der Waals surface area contributed by atoms with Gasteiger partial charge in [0.05, 0.1) is 4.88 Å². The van der Waals surface area contributed by atoms with Crippen molar-refractivity contribution in [2.24, 2.45) is 5.73 Å². The lowest BCUT2D eigenvalue weighted by Crippen LogP contribution is -2.10. The lowest BCUT2D eigenvalue weighted by atomic mass is 10.1. The SMILES string of the molecule is CCCCSc1cc(C(N)=O)cc2c(Br)c(C(F)(F)P(O)O)sc12. The van der Waals surface area contributed by atoms with E-state index in [0.717, 1.165) is 29.9 Å². The number of fused-ring (bicyclic) bond motifs is 1. The van der Waals surface area contributed by atoms with Gasteiger partial charge in [-0.25, -0.2) is 0 Å². The van der Waals surface area contributed by atoms with Gasteiger partial charge < -0.3 is 15.5 Å². The summed E-state index contributed by atoms with van der Waals surface area (Å²) in [6.45, 7) is 2.04. The molecular weight excluding hydrogens is 443 g/mol. The first-order valence-electron chi connectivity index (χ1n) is 6.95. The molecule has 24 heavy (non-hydrogen) atoms. The summed E-state index contributed by atoms with van der Waals surface area (Å²) in [6.07, 6.45) is 1.93. The Bertz CT molecular complexity index is 770. The molecule has 0 spiro atoms. The quantitative estimate of drug-likeness (QED) is 0.310. The van der Waals surface area contributed by atoms with E-state index < -0.39 is 24.8 Å². The maximum atomic E-state index is 14.1. The van der Waals surface area contributed by atoms with Crippen molar-refractivity contribution in [1.82, 2.24) is 0 Å². The molecule has 0 fully saturated rings. The van der Waals surface area contributed by atoms with Gasteiger partial charge in [-0.05, 0) is 40.2 Å². The lowest BCUT2D eigenvalue weighted by Gasteiger charge is -2.15. The van der Waals surface area contributed by atoms with Crippen LogP contribution in [0.25, 0.3) is 10.1 Å². The fraction of sp³-hybridized carbons (Fsp3) is 0.357. The highest BCUT2D eigenvalue weighted by atomic mass is 79.9. The largest absolute Gasteiger partial charge is 0.366 e. The van der Waals surface area contributed by atoms with Crippen molar-refractivity contribution in [1.29, 1.82) is 0 Å². The molecule has 4 N–H and O–H groups in total. The average Bonchev–Trinajstić information content (AvgIpc) is 2.85. The van der Waals surface area contributed by atoms with Crippen LogP contribution in [0.5, 0.6) is 0 Å². The summed E-state index contributed by atoms with van der Waals surface area (Å²) in [5.74, 6) is 0.133. The summed E-state index contributed by atoms with van der Waals surface area (Å²) in [6, 6.07) is 3.04. The minimum absolute atomic E-state index is 0.0588. The minimum Gasteiger partial charge on any atom is -0.366 e. The van der Waals surface area contributed by atoms with Gasteiger partial charge in [-0.1, -0.05) is 13.3 Å². The zero-order valence-corrected chi connectivity index (χ0v) is 16.7. The van der Waals surface area contributed by atoms with Crippen molar-refractivity contribution < 1.29 is 23.4 Å². The molecule has 2 aromatic rings. The second-order valence-corrected chi connectivity index (χ2v) is 9.08. The van der Waals surface area contributed by atoms with Gasteiger partial charge in [0.1, 0.15) is 0 Å². The molecule has 1 aromatic heterocycles. The highest BCUT2D eigenvalue weighted by Gasteiger charge is 2.44. The van der Waals surface area contributed by atoms with Crippen LogP contribution in [0.4, 0.5) is 8.78 Å². The highest BCUT2D eigenvalue weighted by molar-refractivity contribution is 9.10. The first kappa shape index (κ1) is 20.0. The Kier molecular flexibility index (Phi) is 6.61. The van der Waals surface area contributed by atoms with Crippen molar-refractivity contribution in [3.05, 3.63) is 27.0 Å². The van der Waals surface area contributed by atoms with E-state index >= 15 is 0 Å². The van der Waals surface area contributed by atoms with Crippen LogP contribution in [-0.4, -0.2) is 21.4 Å². The van der Waals surface area contributed by atoms with Gasteiger partial charge in [0.2, 0.25) is 14.3 Å². The van der Waals surface area contributed by atoms with Gasteiger partial charge in [0, 0.05) is 25.0 Å². The maximum absolute atomic E-state index is 14.1. The minimum atomic E-state index is -3.75. The van der Waals surface area contributed by atoms with Gasteiger partial charge in [0.15, 0.2) is 0 Å². The lowest BCUT2D eigenvalue weighted by molar-refractivity contribution is 0.0766. The summed E-state index contributed by atoms with van der Waals surface area (Å²) in [4.78, 5) is 29.8. The molecule has 0 atom stereocenters. The fourth-order valence-corrected chi connectivity index (χ4v) is 6.13. The van der Waals surface area contributed by atoms with Crippen LogP contribution in [0.3, 0.4) is 0 Å². The average molecular weight is 458 g/mol. The molecule has 1 heterocycles. The van der Waals surface area contributed by atoms with Gasteiger partial charge in [-0.2, -0.15) is 8.78 Å². The number of thioether (sulfide) groups is 1. The van der Waals surface area contributed by atoms with E-state index in [2.05, 4.69) is 15.9 Å². The zero-order chi connectivity index (χ0) is 18.1. The molecule has 4 nitrogen and oxygen atoms in total. The number of unbranched alkanes of at least 4 members (excludes halogenated alkanes) is 1. The van der Waals surface area contributed by atoms with Crippen molar-refractivity contribution in [3.63, 3.8) is 0 Å². The predicted molar refractivity (Wildman–Crippen MR) is 98.9 cm³/mol. The number of hydrogen-bond donors (Lipinski definition) is 3. The van der Waals surface area contributed by atoms with Crippen molar-refractivity contribution in [2.75, 3.05) is 5.75 Å². The Morgan fingerprint density at radius 3 is 2.67 bits per heavy atom. The number of rotatable bonds is 7. The van der Waals surface area contributed by atoms with Crippen LogP contribution < -0.4 is 5.73 Å². The number of amides is 1. The van der Waals surface area contributed by atoms with Crippen LogP contribution in [0.1, 0.15) is 35.0 Å². The molecule has 132 valence electrons. The van der Waals surface area contributed by atoms with E-state index in [1.54, 1.807) is 6.07 Å². The molecule has 0 radical (unpaired) electrons. The summed E-state index contributed by atoms with van der Waals surface area (Å²) < 4.78 is 28.8. The molecular formula is C14H15BrF2NO3PS2. The van der Waals surface area contributed by atoms with Crippen molar-refractivity contribution >= 4 is 63.4 Å². The molecule has 2 rings (SSSR count). The molecule has 0 saturated heterocycles. The van der Waals surface area contributed by atoms with Gasteiger partial charge >= 0.3 is 5.66 Å². The number of carbonyl (C=O) groups excluding carboxylic acids is 1. The number of primary amides is 1. The molecule has 0 aliphatic rings. The van der Waals surface area contributed by atoms with Crippen LogP contribution in [0, 0.1) is 0 Å². The monoisotopic (exact) mass is 457 g/mol. The van der Waals surface area contributed by atoms with Crippen LogP contribution in [0.15, 0.2) is 21.5 Å². The molecule has 0 bridgehead atoms. The van der Waals surface area contributed by atoms with E-state index in [0.29, 0.717) is 15.0 Å². The number of carbonyl (C=O) groups is 1. The Morgan fingerprint density at radius 2 is 2.12 bits per heavy atom. The number of nitrogens with two attached hydrogens (primary N) is 1. The number of halogens is 3. The molecule has 1 aromatic carbocycles. The summed E-state index contributed by atoms with van der Waals surface area (Å²) in [7, 11) is -3.47. The normalized spacial score (nSPS) is 12.3. The second-order valence-electron chi connectivity index (χ2n) is 4.99. The molecule has 10 heteroatoms. The standard InChI is InChI=1S/C14H15BrF2NO3PS2/c1-2-3-4-23-9-6-7(13(18)19)5-8-10(15)12(24-11(8)9)14(16,17)22(20)21/h5-6,20-21H,2-4H2,1H3,(H2,18,19). The Labute approximate surface area is 155 Å². The predicted octanol–water partition coefficient (Wildman–Crippen LogP) is 5.00. The number of hydrogen-bond acceptors (Lipinski definition) is 5. The summed E-state index contributed by atoms with van der Waals surface area (Å²) in [5.41, 5.74) is 1.81. The Balaban J connectivity index is 2.65. The molecule has 1 amide bonds. The maximum Gasteiger partial charge on any atom is 0.349 e. The first-order chi connectivity index (χ1) is 11.2. The van der Waals surface area contributed by atoms with Crippen molar-refractivity contribution in [3.8, 4) is 0 Å². The van der Waals surface area contributed by atoms with Crippen LogP contribution in [0.2, 0.25) is 0 Å². The topological polar surface area (TPSA) is 83.6 Å². The third kappa shape index (κ3) is 3.92. The zero-order valence-electron chi connectivity index (χ0n) is 12.6. The fourth-order valence-electron chi connectivity index (χ4n) is 2.00. The van der Waals surface area contributed by atoms with E-state index in [1.807, 2.05) is 6.92 Å². The van der Waals surface area contributed by atoms with Crippen molar-refractivity contribution in [2.45, 2.75) is 30.3 Å². The van der Waals surface area contributed by atoms with Gasteiger partial charge in [-0.15, -0.1) is 23.1 Å². The molecule has 0 saturated carbocycles. The molecule has 0 unspecified atom stereocenters. The van der Waals surface area contributed by atoms with Gasteiger partial charge in [0.25, 0.3) is 0 Å². The smallest absolute Gasteiger partial charge is 0.349 e. The van der Waals surface area contributed by atoms with E-state index in [9.17, 15) is 13.6 Å². The Hall–Kier alpha value is -0.310. The number of thiophene rings is 1. The number of alkyl halides is 2. The second kappa shape index (κ2) is 7.93. The third-order valence-corrected chi connectivity index (χ3v) is 7.79. The van der Waals surface area contributed by atoms with E-state index in [1.165, 1.54) is 17.8 Å². The third-order valence-electron chi connectivity index (χ3n) is 3.26. The highest BCUT2D eigenvalue weighted by Crippen LogP contribution is 2.58. The summed E-state index contributed by atoms with van der Waals surface area (Å²) >= 11 is 5.37. The number of benzene rings is 1. The molecule has 0 aliphatic carbocycles. The van der Waals surface area contributed by atoms with E-state index in [4.69, 9.17) is 15.5 Å². The summed E-state index contributed by atoms with van der Waals surface area (Å²) in [5, 5.41) is 0.418. The van der Waals surface area contributed by atoms with E-state index in [-0.39, 0.29) is 10.0 Å². The first-order valence-corrected chi connectivity index (χ1v) is 10.8. The van der Waals surface area contributed by atoms with Crippen LogP contribution >= 0.6 is 47.4 Å². The van der Waals surface area contributed by atoms with Crippen LogP contribution in [-0.2, 0) is 5.66 Å². The van der Waals surface area contributed by atoms with Gasteiger partial charge in [-0.3, -0.25) is 4.79 Å². The Morgan fingerprint density at radius 1 is 1.46 bits per heavy atom. The molecule has 0 aliphatic heterocycles.